The van der Waals surface area contributed by atoms with Gasteiger partial charge >= 0.3 is 0 Å². The fourth-order valence-corrected chi connectivity index (χ4v) is 2.90. The number of hydrogen-bond donors (Lipinski definition) is 0. The number of fused-ring (bicyclic) bond motifs is 1. The molecule has 1 aromatic heterocycles. The molecule has 148 valence electrons. The molecular weight excluding hydrogens is 399 g/mol. The molecule has 0 fully saturated rings. The molecule has 1 aliphatic rings. The number of ether oxygens (including phenoxy) is 3. The van der Waals surface area contributed by atoms with Crippen LogP contribution in [0, 0.1) is 5.82 Å². The highest BCUT2D eigenvalue weighted by Gasteiger charge is 2.14. The highest BCUT2D eigenvalue weighted by molar-refractivity contribution is 6.30. The lowest BCUT2D eigenvalue weighted by atomic mass is 10.1. The van der Waals surface area contributed by atoms with Gasteiger partial charge in [-0.2, -0.15) is 0 Å². The first-order valence-corrected chi connectivity index (χ1v) is 9.25. The average Bonchev–Trinajstić information content (AvgIpc) is 3.20. The summed E-state index contributed by atoms with van der Waals surface area (Å²) in [6.45, 7) is 1.10. The van der Waals surface area contributed by atoms with Crippen molar-refractivity contribution in [1.82, 2.24) is 0 Å². The van der Waals surface area contributed by atoms with E-state index in [1.54, 1.807) is 36.4 Å². The zero-order valence-electron chi connectivity index (χ0n) is 15.2. The molecule has 7 heteroatoms. The summed E-state index contributed by atoms with van der Waals surface area (Å²) in [5, 5.41) is -0.0109. The van der Waals surface area contributed by atoms with Crippen LogP contribution in [0.1, 0.15) is 21.9 Å². The molecule has 0 saturated heterocycles. The summed E-state index contributed by atoms with van der Waals surface area (Å²) in [6.07, 6.45) is 3.01. The Morgan fingerprint density at radius 1 is 1.07 bits per heavy atom. The van der Waals surface area contributed by atoms with Gasteiger partial charge in [-0.05, 0) is 54.6 Å². The number of halogens is 2. The zero-order valence-corrected chi connectivity index (χ0v) is 15.9. The van der Waals surface area contributed by atoms with Crippen molar-refractivity contribution >= 4 is 23.5 Å². The maximum absolute atomic E-state index is 13.2. The number of rotatable bonds is 6. The van der Waals surface area contributed by atoms with Gasteiger partial charge < -0.3 is 18.6 Å². The smallest absolute Gasteiger partial charge is 0.186 e. The Balaban J connectivity index is 1.37. The molecule has 0 bridgehead atoms. The number of hydrogen-bond acceptors (Lipinski definition) is 5. The average molecular weight is 415 g/mol. The van der Waals surface area contributed by atoms with Crippen molar-refractivity contribution in [1.29, 1.82) is 0 Å². The first-order chi connectivity index (χ1) is 14.1. The first kappa shape index (κ1) is 19.1. The van der Waals surface area contributed by atoms with Gasteiger partial charge in [-0.3, -0.25) is 4.79 Å². The molecule has 1 aliphatic heterocycles. The molecule has 0 N–H and O–H groups in total. The molecule has 0 saturated carbocycles. The maximum atomic E-state index is 13.2. The molecule has 0 atom stereocenters. The SMILES string of the molecule is O=C(/C=C/c1ccc(COc2ccc(F)c(Cl)c2)o1)c1ccc2c(c1)OCCO2. The van der Waals surface area contributed by atoms with Crippen molar-refractivity contribution < 1.29 is 27.8 Å². The molecule has 0 radical (unpaired) electrons. The molecule has 2 aromatic carbocycles. The Hall–Kier alpha value is -3.25. The minimum absolute atomic E-state index is 0.0109. The van der Waals surface area contributed by atoms with Gasteiger partial charge in [0.1, 0.15) is 42.9 Å². The molecule has 0 spiro atoms. The van der Waals surface area contributed by atoms with Crippen molar-refractivity contribution in [2.75, 3.05) is 13.2 Å². The van der Waals surface area contributed by atoms with Crippen LogP contribution in [0.15, 0.2) is 59.0 Å². The normalized spacial score (nSPS) is 12.9. The Morgan fingerprint density at radius 2 is 1.90 bits per heavy atom. The van der Waals surface area contributed by atoms with E-state index in [4.69, 9.17) is 30.2 Å². The van der Waals surface area contributed by atoms with Gasteiger partial charge in [0.2, 0.25) is 0 Å². The van der Waals surface area contributed by atoms with Gasteiger partial charge in [0, 0.05) is 11.6 Å². The minimum atomic E-state index is -0.507. The van der Waals surface area contributed by atoms with E-state index in [1.165, 1.54) is 24.3 Å². The maximum Gasteiger partial charge on any atom is 0.186 e. The Labute approximate surface area is 171 Å². The Morgan fingerprint density at radius 3 is 2.72 bits per heavy atom. The third kappa shape index (κ3) is 4.60. The lowest BCUT2D eigenvalue weighted by Crippen LogP contribution is -2.15. The monoisotopic (exact) mass is 414 g/mol. The predicted octanol–water partition coefficient (Wildman–Crippen LogP) is 5.32. The molecule has 5 nitrogen and oxygen atoms in total. The van der Waals surface area contributed by atoms with Gasteiger partial charge in [0.05, 0.1) is 5.02 Å². The lowest BCUT2D eigenvalue weighted by Gasteiger charge is -2.18. The standard InChI is InChI=1S/C22H16ClFO5/c23-18-12-16(4-6-19(18)24)28-13-17-3-2-15(29-17)5-7-20(25)14-1-8-21-22(11-14)27-10-9-26-21/h1-8,11-12H,9-10,13H2/b7-5+. The summed E-state index contributed by atoms with van der Waals surface area (Å²) in [5.41, 5.74) is 0.494. The third-order valence-corrected chi connectivity index (χ3v) is 4.47. The highest BCUT2D eigenvalue weighted by atomic mass is 35.5. The number of carbonyl (C=O) groups excluding carboxylic acids is 1. The fourth-order valence-electron chi connectivity index (χ4n) is 2.73. The quantitative estimate of drug-likeness (QED) is 0.403. The minimum Gasteiger partial charge on any atom is -0.486 e. The van der Waals surface area contributed by atoms with E-state index in [1.807, 2.05) is 0 Å². The molecule has 4 rings (SSSR count). The number of ketones is 1. The molecular formula is C22H16ClFO5. The topological polar surface area (TPSA) is 57.9 Å². The summed E-state index contributed by atoms with van der Waals surface area (Å²) in [4.78, 5) is 12.4. The third-order valence-electron chi connectivity index (χ3n) is 4.18. The Bertz CT molecular complexity index is 1070. The number of furan rings is 1. The van der Waals surface area contributed by atoms with Gasteiger partial charge in [0.15, 0.2) is 17.3 Å². The summed E-state index contributed by atoms with van der Waals surface area (Å²) in [7, 11) is 0. The van der Waals surface area contributed by atoms with Crippen molar-refractivity contribution in [2.45, 2.75) is 6.61 Å². The van der Waals surface area contributed by atoms with E-state index >= 15 is 0 Å². The fraction of sp³-hybridized carbons (Fsp3) is 0.136. The first-order valence-electron chi connectivity index (χ1n) is 8.87. The van der Waals surface area contributed by atoms with Crippen LogP contribution in [0.5, 0.6) is 17.2 Å². The van der Waals surface area contributed by atoms with Crippen molar-refractivity contribution in [3.8, 4) is 17.2 Å². The molecule has 0 amide bonds. The molecule has 3 aromatic rings. The van der Waals surface area contributed by atoms with Crippen LogP contribution in [0.25, 0.3) is 6.08 Å². The van der Waals surface area contributed by atoms with E-state index in [-0.39, 0.29) is 17.4 Å². The molecule has 2 heterocycles. The summed E-state index contributed by atoms with van der Waals surface area (Å²) >= 11 is 5.73. The van der Waals surface area contributed by atoms with Crippen LogP contribution in [-0.2, 0) is 6.61 Å². The van der Waals surface area contributed by atoms with Crippen LogP contribution in [-0.4, -0.2) is 19.0 Å². The second-order valence-electron chi connectivity index (χ2n) is 6.22. The summed E-state index contributed by atoms with van der Waals surface area (Å²) in [5.74, 6) is 2.00. The van der Waals surface area contributed by atoms with E-state index < -0.39 is 5.82 Å². The largest absolute Gasteiger partial charge is 0.486 e. The molecule has 0 unspecified atom stereocenters. The number of benzene rings is 2. The van der Waals surface area contributed by atoms with Crippen molar-refractivity contribution in [3.63, 3.8) is 0 Å². The summed E-state index contributed by atoms with van der Waals surface area (Å²) in [6, 6.07) is 12.6. The Kier molecular flexibility index (Phi) is 5.53. The van der Waals surface area contributed by atoms with Crippen LogP contribution >= 0.6 is 11.6 Å². The molecule has 29 heavy (non-hydrogen) atoms. The van der Waals surface area contributed by atoms with Crippen LogP contribution in [0.2, 0.25) is 5.02 Å². The van der Waals surface area contributed by atoms with E-state index in [0.29, 0.717) is 47.5 Å². The van der Waals surface area contributed by atoms with Crippen molar-refractivity contribution in [3.05, 3.63) is 82.5 Å². The predicted molar refractivity (Wildman–Crippen MR) is 105 cm³/mol. The zero-order chi connectivity index (χ0) is 20.2. The van der Waals surface area contributed by atoms with Gasteiger partial charge in [-0.15, -0.1) is 0 Å². The molecule has 0 aliphatic carbocycles. The lowest BCUT2D eigenvalue weighted by molar-refractivity contribution is 0.104. The van der Waals surface area contributed by atoms with Crippen LogP contribution in [0.4, 0.5) is 4.39 Å². The van der Waals surface area contributed by atoms with Gasteiger partial charge in [0.25, 0.3) is 0 Å². The van der Waals surface area contributed by atoms with E-state index in [9.17, 15) is 9.18 Å². The second kappa shape index (κ2) is 8.41. The van der Waals surface area contributed by atoms with Gasteiger partial charge in [-0.25, -0.2) is 4.39 Å². The highest BCUT2D eigenvalue weighted by Crippen LogP contribution is 2.31. The van der Waals surface area contributed by atoms with Crippen LogP contribution < -0.4 is 14.2 Å². The van der Waals surface area contributed by atoms with E-state index in [0.717, 1.165) is 0 Å². The second-order valence-corrected chi connectivity index (χ2v) is 6.63. The van der Waals surface area contributed by atoms with Crippen molar-refractivity contribution in [2.24, 2.45) is 0 Å². The number of allylic oxidation sites excluding steroid dienone is 1. The number of carbonyl (C=O) groups is 1. The van der Waals surface area contributed by atoms with Crippen LogP contribution in [0.3, 0.4) is 0 Å². The van der Waals surface area contributed by atoms with Gasteiger partial charge in [-0.1, -0.05) is 11.6 Å². The van der Waals surface area contributed by atoms with E-state index in [2.05, 4.69) is 0 Å². The summed E-state index contributed by atoms with van der Waals surface area (Å²) < 4.78 is 35.3.